The zero-order chi connectivity index (χ0) is 17.5. The van der Waals surface area contributed by atoms with E-state index in [9.17, 15) is 0 Å². The first-order valence-electron chi connectivity index (χ1n) is 7.83. The van der Waals surface area contributed by atoms with Crippen LogP contribution in [0.15, 0.2) is 39.9 Å². The van der Waals surface area contributed by atoms with Gasteiger partial charge >= 0.3 is 0 Å². The van der Waals surface area contributed by atoms with Crippen LogP contribution in [0, 0.1) is 0 Å². The maximum atomic E-state index is 5.16. The molecule has 0 atom stereocenters. The van der Waals surface area contributed by atoms with Crippen molar-refractivity contribution in [3.8, 4) is 5.88 Å². The highest BCUT2D eigenvalue weighted by molar-refractivity contribution is 14.0. The van der Waals surface area contributed by atoms with Gasteiger partial charge in [0.05, 0.1) is 25.9 Å². The van der Waals surface area contributed by atoms with Gasteiger partial charge in [0.15, 0.2) is 5.96 Å². The van der Waals surface area contributed by atoms with E-state index in [0.29, 0.717) is 12.4 Å². The topological polar surface area (TPSA) is 54.7 Å². The number of pyridine rings is 1. The molecular formula is C17H25BrIN5O. The quantitative estimate of drug-likeness (QED) is 0.359. The van der Waals surface area contributed by atoms with Crippen molar-refractivity contribution in [3.05, 3.63) is 46.3 Å². The average Bonchev–Trinajstić information content (AvgIpc) is 2.88. The van der Waals surface area contributed by atoms with Gasteiger partial charge in [-0.15, -0.1) is 24.0 Å². The number of ether oxygens (including phenoxy) is 1. The third-order valence-corrected chi connectivity index (χ3v) is 3.98. The van der Waals surface area contributed by atoms with E-state index in [2.05, 4.69) is 53.7 Å². The summed E-state index contributed by atoms with van der Waals surface area (Å²) in [5.41, 5.74) is 2.08. The highest BCUT2D eigenvalue weighted by Gasteiger charge is 2.10. The molecule has 0 unspecified atom stereocenters. The van der Waals surface area contributed by atoms with Gasteiger partial charge in [-0.05, 0) is 35.0 Å². The Balaban J connectivity index is 0.00000312. The molecule has 0 aromatic carbocycles. The van der Waals surface area contributed by atoms with Crippen molar-refractivity contribution in [3.63, 3.8) is 0 Å². The molecule has 2 aromatic heterocycles. The van der Waals surface area contributed by atoms with E-state index in [1.54, 1.807) is 7.11 Å². The minimum Gasteiger partial charge on any atom is -0.481 e. The van der Waals surface area contributed by atoms with Crippen LogP contribution in [-0.2, 0) is 20.1 Å². The predicted octanol–water partition coefficient (Wildman–Crippen LogP) is 3.41. The van der Waals surface area contributed by atoms with Gasteiger partial charge in [0.2, 0.25) is 5.88 Å². The Morgan fingerprint density at radius 1 is 1.44 bits per heavy atom. The number of methoxy groups -OCH3 is 1. The van der Waals surface area contributed by atoms with Crippen molar-refractivity contribution in [2.24, 2.45) is 12.0 Å². The fraction of sp³-hybridized carbons (Fsp3) is 0.412. The van der Waals surface area contributed by atoms with E-state index in [1.807, 2.05) is 38.5 Å². The number of aryl methyl sites for hydroxylation is 1. The van der Waals surface area contributed by atoms with Gasteiger partial charge in [0.25, 0.3) is 0 Å². The van der Waals surface area contributed by atoms with Crippen LogP contribution in [0.4, 0.5) is 0 Å². The summed E-state index contributed by atoms with van der Waals surface area (Å²) in [7, 11) is 5.69. The molecule has 0 saturated heterocycles. The second-order valence-corrected chi connectivity index (χ2v) is 6.37. The Morgan fingerprint density at radius 2 is 2.20 bits per heavy atom. The standard InChI is InChI=1S/C17H24BrN5O.HI/c1-5-19-17(20-10-14-7-6-8-16(21-14)24-4)23(3)12-15-9-13(18)11-22(15)2;/h6-9,11H,5,10,12H2,1-4H3,(H,19,20);1H. The first-order chi connectivity index (χ1) is 11.5. The molecule has 0 aliphatic carbocycles. The van der Waals surface area contributed by atoms with Gasteiger partial charge in [-0.1, -0.05) is 6.07 Å². The first kappa shape index (κ1) is 21.8. The van der Waals surface area contributed by atoms with Gasteiger partial charge < -0.3 is 19.5 Å². The summed E-state index contributed by atoms with van der Waals surface area (Å²) >= 11 is 3.51. The van der Waals surface area contributed by atoms with Crippen LogP contribution in [-0.4, -0.2) is 41.1 Å². The van der Waals surface area contributed by atoms with Gasteiger partial charge in [-0.2, -0.15) is 0 Å². The lowest BCUT2D eigenvalue weighted by Gasteiger charge is -2.22. The molecule has 2 aromatic rings. The zero-order valence-electron chi connectivity index (χ0n) is 15.0. The number of nitrogens with zero attached hydrogens (tertiary/aromatic N) is 4. The maximum Gasteiger partial charge on any atom is 0.213 e. The Bertz CT molecular complexity index is 704. The Morgan fingerprint density at radius 3 is 2.80 bits per heavy atom. The summed E-state index contributed by atoms with van der Waals surface area (Å²) in [5.74, 6) is 1.45. The summed E-state index contributed by atoms with van der Waals surface area (Å²) < 4.78 is 8.34. The maximum absolute atomic E-state index is 5.16. The lowest BCUT2D eigenvalue weighted by atomic mass is 10.3. The minimum atomic E-state index is 0. The second kappa shape index (κ2) is 10.6. The zero-order valence-corrected chi connectivity index (χ0v) is 18.9. The predicted molar refractivity (Wildman–Crippen MR) is 116 cm³/mol. The van der Waals surface area contributed by atoms with Crippen LogP contribution in [0.25, 0.3) is 0 Å². The molecule has 6 nitrogen and oxygen atoms in total. The van der Waals surface area contributed by atoms with Crippen LogP contribution >= 0.6 is 39.9 Å². The molecule has 8 heteroatoms. The summed E-state index contributed by atoms with van der Waals surface area (Å²) in [6, 6.07) is 7.82. The van der Waals surface area contributed by atoms with E-state index in [-0.39, 0.29) is 24.0 Å². The Kier molecular flexibility index (Phi) is 9.26. The van der Waals surface area contributed by atoms with Crippen molar-refractivity contribution in [2.45, 2.75) is 20.0 Å². The molecule has 0 aliphatic heterocycles. The highest BCUT2D eigenvalue weighted by atomic mass is 127. The lowest BCUT2D eigenvalue weighted by molar-refractivity contribution is 0.396. The summed E-state index contributed by atoms with van der Waals surface area (Å²) in [6.45, 7) is 4.14. The minimum absolute atomic E-state index is 0. The number of guanidine groups is 1. The van der Waals surface area contributed by atoms with Crippen LogP contribution in [0.2, 0.25) is 0 Å². The number of halogens is 2. The lowest BCUT2D eigenvalue weighted by Crippen LogP contribution is -2.38. The van der Waals surface area contributed by atoms with Crippen LogP contribution in [0.3, 0.4) is 0 Å². The summed E-state index contributed by atoms with van der Waals surface area (Å²) in [6.07, 6.45) is 2.05. The van der Waals surface area contributed by atoms with E-state index in [4.69, 9.17) is 4.74 Å². The van der Waals surface area contributed by atoms with Crippen LogP contribution < -0.4 is 10.1 Å². The van der Waals surface area contributed by atoms with Crippen molar-refractivity contribution in [1.29, 1.82) is 0 Å². The van der Waals surface area contributed by atoms with Crippen molar-refractivity contribution in [1.82, 2.24) is 19.8 Å². The first-order valence-corrected chi connectivity index (χ1v) is 8.63. The SMILES string of the molecule is CCNC(=NCc1cccc(OC)n1)N(C)Cc1cc(Br)cn1C.I. The molecule has 0 fully saturated rings. The summed E-state index contributed by atoms with van der Waals surface area (Å²) in [5, 5.41) is 3.32. The number of hydrogen-bond acceptors (Lipinski definition) is 3. The number of hydrogen-bond donors (Lipinski definition) is 1. The molecule has 138 valence electrons. The number of aromatic nitrogens is 2. The molecule has 0 amide bonds. The van der Waals surface area contributed by atoms with Gasteiger partial charge in [-0.3, -0.25) is 0 Å². The van der Waals surface area contributed by atoms with Crippen molar-refractivity contribution in [2.75, 3.05) is 20.7 Å². The fourth-order valence-electron chi connectivity index (χ4n) is 2.33. The second-order valence-electron chi connectivity index (χ2n) is 5.46. The van der Waals surface area contributed by atoms with Gasteiger partial charge in [-0.25, -0.2) is 9.98 Å². The van der Waals surface area contributed by atoms with E-state index < -0.39 is 0 Å². The molecule has 0 aliphatic rings. The molecular weight excluding hydrogens is 497 g/mol. The molecule has 25 heavy (non-hydrogen) atoms. The van der Waals surface area contributed by atoms with Crippen LogP contribution in [0.1, 0.15) is 18.3 Å². The van der Waals surface area contributed by atoms with Crippen molar-refractivity contribution < 1.29 is 4.74 Å². The average molecular weight is 522 g/mol. The smallest absolute Gasteiger partial charge is 0.213 e. The molecule has 2 heterocycles. The molecule has 0 bridgehead atoms. The third-order valence-electron chi connectivity index (χ3n) is 3.55. The Labute approximate surface area is 174 Å². The van der Waals surface area contributed by atoms with Crippen LogP contribution in [0.5, 0.6) is 5.88 Å². The van der Waals surface area contributed by atoms with Crippen molar-refractivity contribution >= 4 is 45.9 Å². The Hall–Kier alpha value is -1.29. The molecule has 2 rings (SSSR count). The van der Waals surface area contributed by atoms with E-state index >= 15 is 0 Å². The summed E-state index contributed by atoms with van der Waals surface area (Å²) in [4.78, 5) is 11.2. The highest BCUT2D eigenvalue weighted by Crippen LogP contribution is 2.15. The van der Waals surface area contributed by atoms with Gasteiger partial charge in [0, 0.05) is 43.1 Å². The van der Waals surface area contributed by atoms with E-state index in [1.165, 1.54) is 5.69 Å². The molecule has 1 N–H and O–H groups in total. The molecule has 0 saturated carbocycles. The largest absolute Gasteiger partial charge is 0.481 e. The molecule has 0 radical (unpaired) electrons. The number of nitrogens with one attached hydrogen (secondary N) is 1. The third kappa shape index (κ3) is 6.50. The monoisotopic (exact) mass is 521 g/mol. The number of rotatable bonds is 6. The normalized spacial score (nSPS) is 11.0. The fourth-order valence-corrected chi connectivity index (χ4v) is 2.90. The molecule has 0 spiro atoms. The van der Waals surface area contributed by atoms with E-state index in [0.717, 1.165) is 29.2 Å². The number of aliphatic imine (C=N–C) groups is 1. The van der Waals surface area contributed by atoms with Gasteiger partial charge in [0.1, 0.15) is 0 Å².